The molecular formula is C22H27N5O. The minimum absolute atomic E-state index is 0.0324. The smallest absolute Gasteiger partial charge is 0.234 e. The number of pyridine rings is 1. The van der Waals surface area contributed by atoms with E-state index in [1.54, 1.807) is 0 Å². The fraction of sp³-hybridized carbons (Fsp3) is 0.364. The molecule has 146 valence electrons. The minimum Gasteiger partial charge on any atom is -0.348 e. The lowest BCUT2D eigenvalue weighted by Crippen LogP contribution is -2.49. The Morgan fingerprint density at radius 3 is 2.50 bits per heavy atom. The van der Waals surface area contributed by atoms with Crippen molar-refractivity contribution in [2.24, 2.45) is 0 Å². The van der Waals surface area contributed by atoms with E-state index in [4.69, 9.17) is 0 Å². The lowest BCUT2D eigenvalue weighted by atomic mass is 10.1. The average molecular weight is 377 g/mol. The number of hydrogen-bond acceptors (Lipinski definition) is 4. The standard InChI is InChI=1S/C22H27N5O/c1-18(19-7-3-2-4-8-19)23-22(28)17-26-13-11-25(12-14-26)15-20-16-27-10-6-5-9-21(27)24-20/h2-10,16,18H,11-15,17H2,1H3,(H,23,28). The third-order valence-corrected chi connectivity index (χ3v) is 5.31. The van der Waals surface area contributed by atoms with E-state index in [1.165, 1.54) is 0 Å². The Morgan fingerprint density at radius 2 is 1.75 bits per heavy atom. The molecule has 6 heteroatoms. The maximum atomic E-state index is 12.4. The molecule has 6 nitrogen and oxygen atoms in total. The maximum Gasteiger partial charge on any atom is 0.234 e. The molecular weight excluding hydrogens is 350 g/mol. The molecule has 2 aromatic heterocycles. The number of piperazine rings is 1. The van der Waals surface area contributed by atoms with Crippen LogP contribution in [0.2, 0.25) is 0 Å². The van der Waals surface area contributed by atoms with E-state index >= 15 is 0 Å². The van der Waals surface area contributed by atoms with Crippen LogP contribution in [0.15, 0.2) is 60.9 Å². The van der Waals surface area contributed by atoms with Gasteiger partial charge in [0.1, 0.15) is 5.65 Å². The SMILES string of the molecule is CC(NC(=O)CN1CCN(Cc2cn3ccccc3n2)CC1)c1ccccc1. The van der Waals surface area contributed by atoms with Crippen molar-refractivity contribution in [2.45, 2.75) is 19.5 Å². The first-order valence-corrected chi connectivity index (χ1v) is 9.89. The number of rotatable bonds is 6. The quantitative estimate of drug-likeness (QED) is 0.716. The number of aromatic nitrogens is 2. The molecule has 1 fully saturated rings. The van der Waals surface area contributed by atoms with Crippen molar-refractivity contribution in [3.05, 3.63) is 72.2 Å². The second-order valence-corrected chi connectivity index (χ2v) is 7.45. The van der Waals surface area contributed by atoms with Crippen LogP contribution in [-0.4, -0.2) is 57.8 Å². The highest BCUT2D eigenvalue weighted by Gasteiger charge is 2.20. The summed E-state index contributed by atoms with van der Waals surface area (Å²) in [6, 6.07) is 16.2. The fourth-order valence-corrected chi connectivity index (χ4v) is 3.71. The average Bonchev–Trinajstić information content (AvgIpc) is 3.12. The van der Waals surface area contributed by atoms with Crippen molar-refractivity contribution in [1.82, 2.24) is 24.5 Å². The van der Waals surface area contributed by atoms with Crippen LogP contribution in [0.25, 0.3) is 5.65 Å². The molecule has 1 N–H and O–H groups in total. The van der Waals surface area contributed by atoms with Crippen molar-refractivity contribution >= 4 is 11.6 Å². The number of hydrogen-bond donors (Lipinski definition) is 1. The molecule has 1 amide bonds. The Labute approximate surface area is 165 Å². The minimum atomic E-state index is 0.0324. The van der Waals surface area contributed by atoms with Crippen molar-refractivity contribution in [3.8, 4) is 0 Å². The van der Waals surface area contributed by atoms with Crippen LogP contribution >= 0.6 is 0 Å². The number of benzene rings is 1. The molecule has 28 heavy (non-hydrogen) atoms. The second kappa shape index (κ2) is 8.54. The summed E-state index contributed by atoms with van der Waals surface area (Å²) < 4.78 is 2.06. The molecule has 1 unspecified atom stereocenters. The third-order valence-electron chi connectivity index (χ3n) is 5.31. The van der Waals surface area contributed by atoms with Crippen LogP contribution in [0.4, 0.5) is 0 Å². The van der Waals surface area contributed by atoms with Gasteiger partial charge < -0.3 is 9.72 Å². The van der Waals surface area contributed by atoms with E-state index < -0.39 is 0 Å². The fourth-order valence-electron chi connectivity index (χ4n) is 3.71. The summed E-state index contributed by atoms with van der Waals surface area (Å²) in [5.41, 5.74) is 3.21. The van der Waals surface area contributed by atoms with Gasteiger partial charge in [0.05, 0.1) is 18.3 Å². The van der Waals surface area contributed by atoms with Gasteiger partial charge >= 0.3 is 0 Å². The zero-order valence-electron chi connectivity index (χ0n) is 16.3. The summed E-state index contributed by atoms with van der Waals surface area (Å²) in [4.78, 5) is 21.7. The molecule has 0 radical (unpaired) electrons. The van der Waals surface area contributed by atoms with Crippen molar-refractivity contribution in [1.29, 1.82) is 0 Å². The second-order valence-electron chi connectivity index (χ2n) is 7.45. The molecule has 0 spiro atoms. The number of nitrogens with one attached hydrogen (secondary N) is 1. The van der Waals surface area contributed by atoms with Gasteiger partial charge in [0.2, 0.25) is 5.91 Å². The molecule has 1 aromatic carbocycles. The van der Waals surface area contributed by atoms with Crippen molar-refractivity contribution in [3.63, 3.8) is 0 Å². The highest BCUT2D eigenvalue weighted by Crippen LogP contribution is 2.12. The lowest BCUT2D eigenvalue weighted by molar-refractivity contribution is -0.123. The number of carbonyl (C=O) groups excluding carboxylic acids is 1. The van der Waals surface area contributed by atoms with E-state index in [0.29, 0.717) is 6.54 Å². The van der Waals surface area contributed by atoms with Gasteiger partial charge in [-0.1, -0.05) is 36.4 Å². The molecule has 0 saturated carbocycles. The van der Waals surface area contributed by atoms with Gasteiger partial charge in [0.25, 0.3) is 0 Å². The topological polar surface area (TPSA) is 52.9 Å². The maximum absolute atomic E-state index is 12.4. The highest BCUT2D eigenvalue weighted by molar-refractivity contribution is 5.78. The van der Waals surface area contributed by atoms with Gasteiger partial charge in [-0.2, -0.15) is 0 Å². The summed E-state index contributed by atoms with van der Waals surface area (Å²) in [5, 5.41) is 3.10. The summed E-state index contributed by atoms with van der Waals surface area (Å²) in [5.74, 6) is 0.0881. The summed E-state index contributed by atoms with van der Waals surface area (Å²) >= 11 is 0. The number of fused-ring (bicyclic) bond motifs is 1. The summed E-state index contributed by atoms with van der Waals surface area (Å²) in [6.07, 6.45) is 4.12. The molecule has 0 bridgehead atoms. The first kappa shape index (κ1) is 18.7. The zero-order valence-corrected chi connectivity index (χ0v) is 16.3. The number of amides is 1. The molecule has 4 rings (SSSR count). The van der Waals surface area contributed by atoms with Crippen LogP contribution in [0.1, 0.15) is 24.2 Å². The Bertz CT molecular complexity index is 882. The number of carbonyl (C=O) groups is 1. The van der Waals surface area contributed by atoms with Crippen LogP contribution < -0.4 is 5.32 Å². The molecule has 1 atom stereocenters. The Balaban J connectivity index is 1.23. The molecule has 1 aliphatic heterocycles. The monoisotopic (exact) mass is 377 g/mol. The molecule has 1 aliphatic rings. The largest absolute Gasteiger partial charge is 0.348 e. The van der Waals surface area contributed by atoms with Gasteiger partial charge in [0.15, 0.2) is 0 Å². The third kappa shape index (κ3) is 4.58. The van der Waals surface area contributed by atoms with Gasteiger partial charge in [-0.25, -0.2) is 4.98 Å². The Hall–Kier alpha value is -2.70. The van der Waals surface area contributed by atoms with Crippen LogP contribution in [0.3, 0.4) is 0 Å². The summed E-state index contributed by atoms with van der Waals surface area (Å²) in [6.45, 7) is 7.05. The van der Waals surface area contributed by atoms with Crippen molar-refractivity contribution in [2.75, 3.05) is 32.7 Å². The first-order chi connectivity index (χ1) is 13.7. The predicted octanol–water partition coefficient (Wildman–Crippen LogP) is 2.33. The summed E-state index contributed by atoms with van der Waals surface area (Å²) in [7, 11) is 0. The van der Waals surface area contributed by atoms with Gasteiger partial charge in [0, 0.05) is 45.1 Å². The zero-order chi connectivity index (χ0) is 19.3. The molecule has 0 aliphatic carbocycles. The predicted molar refractivity (Wildman–Crippen MR) is 110 cm³/mol. The Morgan fingerprint density at radius 1 is 1.04 bits per heavy atom. The van der Waals surface area contributed by atoms with Crippen LogP contribution in [0, 0.1) is 0 Å². The normalized spacial score (nSPS) is 16.9. The van der Waals surface area contributed by atoms with E-state index in [2.05, 4.69) is 30.7 Å². The lowest BCUT2D eigenvalue weighted by Gasteiger charge is -2.34. The molecule has 1 saturated heterocycles. The van der Waals surface area contributed by atoms with E-state index in [1.807, 2.05) is 61.7 Å². The number of nitrogens with zero attached hydrogens (tertiary/aromatic N) is 4. The van der Waals surface area contributed by atoms with Crippen LogP contribution in [0.5, 0.6) is 0 Å². The van der Waals surface area contributed by atoms with E-state index in [0.717, 1.165) is 49.6 Å². The Kier molecular flexibility index (Phi) is 5.69. The van der Waals surface area contributed by atoms with E-state index in [-0.39, 0.29) is 11.9 Å². The molecule has 3 heterocycles. The number of imidazole rings is 1. The van der Waals surface area contributed by atoms with E-state index in [9.17, 15) is 4.79 Å². The first-order valence-electron chi connectivity index (χ1n) is 9.89. The highest BCUT2D eigenvalue weighted by atomic mass is 16.2. The van der Waals surface area contributed by atoms with Gasteiger partial charge in [-0.3, -0.25) is 14.6 Å². The molecule has 3 aromatic rings. The van der Waals surface area contributed by atoms with Gasteiger partial charge in [-0.15, -0.1) is 0 Å². The van der Waals surface area contributed by atoms with Crippen molar-refractivity contribution < 1.29 is 4.79 Å². The van der Waals surface area contributed by atoms with Crippen LogP contribution in [-0.2, 0) is 11.3 Å². The van der Waals surface area contributed by atoms with Gasteiger partial charge in [-0.05, 0) is 24.6 Å².